The highest BCUT2D eigenvalue weighted by atomic mass is 35.5. The lowest BCUT2D eigenvalue weighted by Crippen LogP contribution is -2.36. The zero-order chi connectivity index (χ0) is 26.8. The number of carbonyl (C=O) groups excluding carboxylic acids is 2. The number of anilines is 1. The van der Waals surface area contributed by atoms with Crippen LogP contribution in [0, 0.1) is 6.92 Å². The number of imide groups is 1. The Morgan fingerprint density at radius 1 is 1.10 bits per heavy atom. The molecule has 4 aromatic rings. The number of hydrogen-bond donors (Lipinski definition) is 2. The fourth-order valence-electron chi connectivity index (χ4n) is 4.12. The Balaban J connectivity index is 0.00000353. The number of carbonyl (C=O) groups is 2. The first-order valence-electron chi connectivity index (χ1n) is 12.1. The molecule has 0 fully saturated rings. The molecule has 12 heteroatoms. The molecule has 0 radical (unpaired) electrons. The molecule has 0 saturated carbocycles. The molecule has 0 atom stereocenters. The van der Waals surface area contributed by atoms with E-state index in [4.69, 9.17) is 19.8 Å². The Hall–Kier alpha value is -3.35. The number of fused-ring (bicyclic) bond motifs is 1. The van der Waals surface area contributed by atoms with Crippen LogP contribution in [0.1, 0.15) is 12.5 Å². The SMILES string of the molecule is CC1=CC(=O)N(Nc2nc(-c3cccs3)nc3sc(-c4ccc(OCCN(C)CCO)cc4)c(C)c23)C1=O.Cl. The zero-order valence-corrected chi connectivity index (χ0v) is 24.1. The average molecular weight is 586 g/mol. The van der Waals surface area contributed by atoms with E-state index < -0.39 is 11.8 Å². The molecule has 39 heavy (non-hydrogen) atoms. The summed E-state index contributed by atoms with van der Waals surface area (Å²) in [6.07, 6.45) is 1.31. The summed E-state index contributed by atoms with van der Waals surface area (Å²) in [6, 6.07) is 11.8. The lowest BCUT2D eigenvalue weighted by Gasteiger charge is -2.17. The van der Waals surface area contributed by atoms with E-state index in [1.165, 1.54) is 28.7 Å². The number of hydrogen-bond acceptors (Lipinski definition) is 10. The van der Waals surface area contributed by atoms with Crippen LogP contribution < -0.4 is 10.2 Å². The van der Waals surface area contributed by atoms with Crippen LogP contribution >= 0.6 is 35.1 Å². The Kier molecular flexibility index (Phi) is 8.98. The molecule has 0 saturated heterocycles. The van der Waals surface area contributed by atoms with Crippen LogP contribution in [0.25, 0.3) is 31.4 Å². The third-order valence-electron chi connectivity index (χ3n) is 6.19. The van der Waals surface area contributed by atoms with Gasteiger partial charge < -0.3 is 14.7 Å². The number of amides is 2. The summed E-state index contributed by atoms with van der Waals surface area (Å²) in [7, 11) is 1.94. The monoisotopic (exact) mass is 585 g/mol. The van der Waals surface area contributed by atoms with Crippen molar-refractivity contribution >= 4 is 62.9 Å². The number of aliphatic hydroxyl groups excluding tert-OH is 1. The molecule has 1 aliphatic heterocycles. The minimum Gasteiger partial charge on any atom is -0.492 e. The van der Waals surface area contributed by atoms with Crippen molar-refractivity contribution in [2.45, 2.75) is 13.8 Å². The topological polar surface area (TPSA) is 108 Å². The molecule has 3 aromatic heterocycles. The van der Waals surface area contributed by atoms with Crippen LogP contribution in [-0.2, 0) is 9.59 Å². The first-order chi connectivity index (χ1) is 18.4. The van der Waals surface area contributed by atoms with Crippen LogP contribution in [0.2, 0.25) is 0 Å². The lowest BCUT2D eigenvalue weighted by atomic mass is 10.1. The zero-order valence-electron chi connectivity index (χ0n) is 21.6. The number of thiophene rings is 2. The third-order valence-corrected chi connectivity index (χ3v) is 8.29. The van der Waals surface area contributed by atoms with Gasteiger partial charge in [0.1, 0.15) is 17.2 Å². The predicted molar refractivity (Wildman–Crippen MR) is 157 cm³/mol. The summed E-state index contributed by atoms with van der Waals surface area (Å²) in [5, 5.41) is 12.7. The van der Waals surface area contributed by atoms with Crippen molar-refractivity contribution in [2.24, 2.45) is 0 Å². The van der Waals surface area contributed by atoms with Crippen molar-refractivity contribution in [3.05, 3.63) is 59.0 Å². The largest absolute Gasteiger partial charge is 0.492 e. The highest BCUT2D eigenvalue weighted by molar-refractivity contribution is 7.22. The highest BCUT2D eigenvalue weighted by Gasteiger charge is 2.30. The van der Waals surface area contributed by atoms with E-state index in [1.807, 2.05) is 60.6 Å². The molecule has 5 rings (SSSR count). The summed E-state index contributed by atoms with van der Waals surface area (Å²) in [4.78, 5) is 39.2. The third kappa shape index (κ3) is 5.97. The number of ether oxygens (including phenoxy) is 1. The van der Waals surface area contributed by atoms with Crippen molar-refractivity contribution < 1.29 is 19.4 Å². The number of aromatic nitrogens is 2. The fraction of sp³-hybridized carbons (Fsp3) is 0.259. The van der Waals surface area contributed by atoms with Gasteiger partial charge in [-0.25, -0.2) is 9.97 Å². The van der Waals surface area contributed by atoms with E-state index in [0.29, 0.717) is 30.4 Å². The van der Waals surface area contributed by atoms with E-state index in [-0.39, 0.29) is 19.0 Å². The van der Waals surface area contributed by atoms with Crippen LogP contribution in [0.3, 0.4) is 0 Å². The van der Waals surface area contributed by atoms with E-state index in [2.05, 4.69) is 5.43 Å². The molecular formula is C27H28ClN5O4S2. The number of aliphatic hydroxyl groups is 1. The van der Waals surface area contributed by atoms with Gasteiger partial charge in [-0.05, 0) is 67.7 Å². The van der Waals surface area contributed by atoms with Gasteiger partial charge in [-0.1, -0.05) is 6.07 Å². The van der Waals surface area contributed by atoms with Crippen molar-refractivity contribution in [1.29, 1.82) is 0 Å². The van der Waals surface area contributed by atoms with Crippen molar-refractivity contribution in [3.8, 4) is 26.9 Å². The second kappa shape index (κ2) is 12.2. The molecule has 2 amide bonds. The number of likely N-dealkylation sites (N-methyl/N-ethyl adjacent to an activating group) is 1. The van der Waals surface area contributed by atoms with Gasteiger partial charge >= 0.3 is 0 Å². The van der Waals surface area contributed by atoms with Gasteiger partial charge in [0.05, 0.1) is 16.9 Å². The normalized spacial score (nSPS) is 13.3. The van der Waals surface area contributed by atoms with E-state index in [0.717, 1.165) is 48.4 Å². The molecule has 0 aliphatic carbocycles. The van der Waals surface area contributed by atoms with Gasteiger partial charge in [0.25, 0.3) is 11.8 Å². The summed E-state index contributed by atoms with van der Waals surface area (Å²) >= 11 is 3.06. The number of halogens is 1. The molecule has 1 aromatic carbocycles. The second-order valence-electron chi connectivity index (χ2n) is 8.93. The van der Waals surface area contributed by atoms with Crippen LogP contribution in [0.15, 0.2) is 53.4 Å². The Bertz CT molecular complexity index is 1520. The smallest absolute Gasteiger partial charge is 0.275 e. The Labute approximate surface area is 240 Å². The average Bonchev–Trinajstić information content (AvgIpc) is 3.61. The minimum absolute atomic E-state index is 0. The maximum Gasteiger partial charge on any atom is 0.275 e. The van der Waals surface area contributed by atoms with Gasteiger partial charge in [0.15, 0.2) is 11.6 Å². The molecule has 0 bridgehead atoms. The van der Waals surface area contributed by atoms with Gasteiger partial charge in [0, 0.05) is 29.6 Å². The second-order valence-corrected chi connectivity index (χ2v) is 10.9. The number of hydrazine groups is 1. The molecule has 9 nitrogen and oxygen atoms in total. The minimum atomic E-state index is -0.428. The van der Waals surface area contributed by atoms with Gasteiger partial charge in [0.2, 0.25) is 0 Å². The van der Waals surface area contributed by atoms with Crippen molar-refractivity contribution in [1.82, 2.24) is 19.9 Å². The molecule has 1 aliphatic rings. The van der Waals surface area contributed by atoms with Gasteiger partial charge in [-0.3, -0.25) is 15.0 Å². The number of aryl methyl sites for hydroxylation is 1. The van der Waals surface area contributed by atoms with E-state index in [9.17, 15) is 9.59 Å². The molecule has 2 N–H and O–H groups in total. The predicted octanol–water partition coefficient (Wildman–Crippen LogP) is 4.76. The summed E-state index contributed by atoms with van der Waals surface area (Å²) in [5.74, 6) is 0.881. The van der Waals surface area contributed by atoms with E-state index in [1.54, 1.807) is 6.92 Å². The molecule has 0 unspecified atom stereocenters. The summed E-state index contributed by atoms with van der Waals surface area (Å²) < 4.78 is 5.86. The number of nitrogens with zero attached hydrogens (tertiary/aromatic N) is 4. The van der Waals surface area contributed by atoms with Crippen LogP contribution in [-0.4, -0.2) is 70.1 Å². The van der Waals surface area contributed by atoms with Gasteiger partial charge in [-0.15, -0.1) is 35.1 Å². The highest BCUT2D eigenvalue weighted by Crippen LogP contribution is 2.42. The number of benzene rings is 1. The molecular weight excluding hydrogens is 558 g/mol. The summed E-state index contributed by atoms with van der Waals surface area (Å²) in [5.41, 5.74) is 5.30. The Morgan fingerprint density at radius 2 is 1.87 bits per heavy atom. The first-order valence-corrected chi connectivity index (χ1v) is 13.8. The molecule has 204 valence electrons. The van der Waals surface area contributed by atoms with Crippen LogP contribution in [0.5, 0.6) is 5.75 Å². The molecule has 4 heterocycles. The van der Waals surface area contributed by atoms with Crippen LogP contribution in [0.4, 0.5) is 5.82 Å². The Morgan fingerprint density at radius 3 is 2.51 bits per heavy atom. The molecule has 0 spiro atoms. The van der Waals surface area contributed by atoms with Crippen molar-refractivity contribution in [3.63, 3.8) is 0 Å². The first kappa shape index (κ1) is 28.7. The van der Waals surface area contributed by atoms with Gasteiger partial charge in [-0.2, -0.15) is 5.01 Å². The summed E-state index contributed by atoms with van der Waals surface area (Å²) in [6.45, 7) is 5.58. The van der Waals surface area contributed by atoms with E-state index >= 15 is 0 Å². The van der Waals surface area contributed by atoms with Crippen molar-refractivity contribution in [2.75, 3.05) is 38.8 Å². The fourth-order valence-corrected chi connectivity index (χ4v) is 5.96. The quantitative estimate of drug-likeness (QED) is 0.256. The maximum absolute atomic E-state index is 12.6. The number of rotatable bonds is 10. The standard InChI is InChI=1S/C27H27N5O4S2.ClH/c1-16-15-21(34)32(27(16)35)30-25-22-17(2)23(38-26(22)29-24(28-25)20-5-4-14-37-20)18-6-8-19(9-7-18)36-13-11-31(3)10-12-33;/h4-9,14-15,33H,10-13H2,1-3H3,(H,28,29,30);1H. The maximum atomic E-state index is 12.6. The lowest BCUT2D eigenvalue weighted by molar-refractivity contribution is -0.135. The number of nitrogens with one attached hydrogen (secondary N) is 1.